The highest BCUT2D eigenvalue weighted by atomic mass is 16.8. The molecule has 4 atom stereocenters. The van der Waals surface area contributed by atoms with Crippen molar-refractivity contribution in [3.05, 3.63) is 23.3 Å². The van der Waals surface area contributed by atoms with Gasteiger partial charge in [0.15, 0.2) is 0 Å². The van der Waals surface area contributed by atoms with Crippen molar-refractivity contribution < 1.29 is 28.9 Å². The van der Waals surface area contributed by atoms with Crippen molar-refractivity contribution >= 4 is 11.8 Å². The van der Waals surface area contributed by atoms with Crippen molar-refractivity contribution in [2.45, 2.75) is 30.8 Å². The molecular weight excluding hydrogens is 304 g/mol. The van der Waals surface area contributed by atoms with Gasteiger partial charge in [0, 0.05) is 5.56 Å². The number of amides is 1. The third-order valence-corrected chi connectivity index (χ3v) is 4.59. The van der Waals surface area contributed by atoms with E-state index in [0.29, 0.717) is 12.3 Å². The van der Waals surface area contributed by atoms with Gasteiger partial charge in [0.1, 0.15) is 24.6 Å². The Morgan fingerprint density at radius 1 is 1.57 bits per heavy atom. The third kappa shape index (κ3) is 2.06. The highest BCUT2D eigenvalue weighted by Crippen LogP contribution is 2.55. The van der Waals surface area contributed by atoms with Crippen molar-refractivity contribution in [3.8, 4) is 5.75 Å². The highest BCUT2D eigenvalue weighted by Gasteiger charge is 2.67. The van der Waals surface area contributed by atoms with Crippen molar-refractivity contribution in [1.29, 1.82) is 0 Å². The lowest BCUT2D eigenvalue weighted by atomic mass is 9.83. The number of carbonyl (C=O) groups excluding carboxylic acids is 1. The third-order valence-electron chi connectivity index (χ3n) is 4.59. The summed E-state index contributed by atoms with van der Waals surface area (Å²) >= 11 is 0. The van der Waals surface area contributed by atoms with E-state index in [9.17, 15) is 9.90 Å². The van der Waals surface area contributed by atoms with Crippen molar-refractivity contribution in [1.82, 2.24) is 0 Å². The van der Waals surface area contributed by atoms with Crippen LogP contribution in [0.4, 0.5) is 10.5 Å². The minimum atomic E-state index is -1.62. The number of benzene rings is 1. The van der Waals surface area contributed by atoms with Gasteiger partial charge in [-0.1, -0.05) is 0 Å². The predicted molar refractivity (Wildman–Crippen MR) is 78.0 cm³/mol. The normalized spacial score (nSPS) is 33.5. The zero-order valence-electron chi connectivity index (χ0n) is 12.8. The molecule has 0 saturated carbocycles. The number of aliphatic hydroxyl groups is 1. The number of ether oxygens (including phenoxy) is 3. The molecule has 4 rings (SSSR count). The van der Waals surface area contributed by atoms with Crippen LogP contribution in [0.15, 0.2) is 12.1 Å². The Balaban J connectivity index is 1.85. The first-order valence-electron chi connectivity index (χ1n) is 7.39. The largest absolute Gasteiger partial charge is 0.496 e. The number of hydrogen-bond acceptors (Lipinski definition) is 7. The van der Waals surface area contributed by atoms with Crippen molar-refractivity contribution in [2.24, 2.45) is 5.73 Å². The number of primary amides is 1. The van der Waals surface area contributed by atoms with Gasteiger partial charge < -0.3 is 25.1 Å². The maximum atomic E-state index is 11.0. The smallest absolute Gasteiger partial charge is 0.404 e. The molecule has 3 aliphatic rings. The fourth-order valence-electron chi connectivity index (χ4n) is 3.53. The molecular formula is C15H18N2O6. The molecule has 0 aliphatic carbocycles. The molecule has 1 amide bonds. The molecule has 1 aromatic carbocycles. The molecule has 2 fully saturated rings. The van der Waals surface area contributed by atoms with Crippen LogP contribution in [0.25, 0.3) is 0 Å². The number of nitrogens with zero attached hydrogens (tertiary/aromatic N) is 1. The van der Waals surface area contributed by atoms with Crippen LogP contribution < -0.4 is 15.5 Å². The van der Waals surface area contributed by atoms with E-state index in [1.807, 2.05) is 19.1 Å². The van der Waals surface area contributed by atoms with Crippen molar-refractivity contribution in [2.75, 3.05) is 25.3 Å². The molecule has 3 N–H and O–H groups in total. The first kappa shape index (κ1) is 14.6. The number of carbonyl (C=O) groups is 1. The molecule has 124 valence electrons. The minimum Gasteiger partial charge on any atom is -0.496 e. The van der Waals surface area contributed by atoms with E-state index in [4.69, 9.17) is 24.8 Å². The average Bonchev–Trinajstić information content (AvgIpc) is 3.27. The Morgan fingerprint density at radius 3 is 3.04 bits per heavy atom. The fraction of sp³-hybridized carbons (Fsp3) is 0.533. The van der Waals surface area contributed by atoms with Crippen LogP contribution in [0, 0.1) is 6.92 Å². The Labute approximate surface area is 132 Å². The summed E-state index contributed by atoms with van der Waals surface area (Å²) in [5.41, 5.74) is 7.57. The van der Waals surface area contributed by atoms with E-state index in [0.717, 1.165) is 16.8 Å². The number of fused-ring (bicyclic) bond motifs is 6. The topological polar surface area (TPSA) is 107 Å². The van der Waals surface area contributed by atoms with Gasteiger partial charge in [-0.3, -0.25) is 0 Å². The van der Waals surface area contributed by atoms with Gasteiger partial charge >= 0.3 is 6.09 Å². The Kier molecular flexibility index (Phi) is 2.99. The lowest BCUT2D eigenvalue weighted by molar-refractivity contribution is -0.254. The summed E-state index contributed by atoms with van der Waals surface area (Å²) in [6.45, 7) is 2.34. The SMILES string of the molecule is COc1cc(C)cc2c1[C@@H](COC(N)=O)[C@@]1(O)ON2C[C@@H]2O[C@@H]21. The molecule has 8 heteroatoms. The van der Waals surface area contributed by atoms with Gasteiger partial charge in [0.2, 0.25) is 5.79 Å². The number of epoxide rings is 1. The predicted octanol–water partition coefficient (Wildman–Crippen LogP) is 0.404. The quantitative estimate of drug-likeness (QED) is 0.776. The maximum absolute atomic E-state index is 11.0. The van der Waals surface area contributed by atoms with Gasteiger partial charge in [0.05, 0.1) is 25.3 Å². The first-order chi connectivity index (χ1) is 10.9. The Bertz CT molecular complexity index is 680. The van der Waals surface area contributed by atoms with E-state index < -0.39 is 23.9 Å². The summed E-state index contributed by atoms with van der Waals surface area (Å²) in [5, 5.41) is 12.7. The minimum absolute atomic E-state index is 0.107. The summed E-state index contributed by atoms with van der Waals surface area (Å²) in [7, 11) is 1.56. The molecule has 0 unspecified atom stereocenters. The fourth-order valence-corrected chi connectivity index (χ4v) is 3.53. The number of methoxy groups -OCH3 is 1. The molecule has 8 nitrogen and oxygen atoms in total. The molecule has 1 aromatic rings. The Morgan fingerprint density at radius 2 is 2.35 bits per heavy atom. The lowest BCUT2D eigenvalue weighted by Crippen LogP contribution is -2.59. The second-order valence-corrected chi connectivity index (χ2v) is 6.08. The number of hydrogen-bond donors (Lipinski definition) is 2. The van der Waals surface area contributed by atoms with Crippen LogP contribution in [0.3, 0.4) is 0 Å². The van der Waals surface area contributed by atoms with Gasteiger partial charge in [-0.2, -0.15) is 0 Å². The van der Waals surface area contributed by atoms with Crippen LogP contribution in [0.1, 0.15) is 17.0 Å². The molecule has 23 heavy (non-hydrogen) atoms. The average molecular weight is 322 g/mol. The van der Waals surface area contributed by atoms with Crippen LogP contribution in [0.2, 0.25) is 0 Å². The summed E-state index contributed by atoms with van der Waals surface area (Å²) in [6, 6.07) is 3.81. The molecule has 2 saturated heterocycles. The molecule has 0 radical (unpaired) electrons. The van der Waals surface area contributed by atoms with E-state index in [-0.39, 0.29) is 12.7 Å². The summed E-state index contributed by atoms with van der Waals surface area (Å²) in [5.74, 6) is -1.68. The van der Waals surface area contributed by atoms with Crippen LogP contribution >= 0.6 is 0 Å². The van der Waals surface area contributed by atoms with Crippen molar-refractivity contribution in [3.63, 3.8) is 0 Å². The number of rotatable bonds is 3. The van der Waals surface area contributed by atoms with E-state index in [1.165, 1.54) is 0 Å². The second kappa shape index (κ2) is 4.73. The molecule has 2 bridgehead atoms. The molecule has 3 aliphatic heterocycles. The number of anilines is 1. The van der Waals surface area contributed by atoms with Crippen LogP contribution in [0.5, 0.6) is 5.75 Å². The standard InChI is InChI=1S/C15H18N2O6/c1-7-3-9-12(10(4-7)20-2)8(6-21-14(16)18)15(19)13-11(22-13)5-17(9)23-15/h3-4,8,11,13,19H,5-6H2,1-2H3,(H2,16,18)/t8-,11+,13+,15-/m1/s1. The molecule has 3 heterocycles. The summed E-state index contributed by atoms with van der Waals surface area (Å²) in [6.07, 6.45) is -1.48. The summed E-state index contributed by atoms with van der Waals surface area (Å²) in [4.78, 5) is 16.8. The monoisotopic (exact) mass is 322 g/mol. The zero-order valence-corrected chi connectivity index (χ0v) is 12.8. The second-order valence-electron chi connectivity index (χ2n) is 6.08. The van der Waals surface area contributed by atoms with E-state index in [1.54, 1.807) is 12.2 Å². The van der Waals surface area contributed by atoms with Gasteiger partial charge in [0.25, 0.3) is 0 Å². The maximum Gasteiger partial charge on any atom is 0.404 e. The number of nitrogens with two attached hydrogens (primary N) is 1. The number of hydroxylamine groups is 1. The van der Waals surface area contributed by atoms with Gasteiger partial charge in [-0.05, 0) is 24.6 Å². The molecule has 0 aromatic heterocycles. The zero-order chi connectivity index (χ0) is 16.4. The van der Waals surface area contributed by atoms with E-state index in [2.05, 4.69) is 0 Å². The van der Waals surface area contributed by atoms with Gasteiger partial charge in [-0.25, -0.2) is 14.7 Å². The van der Waals surface area contributed by atoms with E-state index >= 15 is 0 Å². The number of aryl methyl sites for hydroxylation is 1. The lowest BCUT2D eigenvalue weighted by Gasteiger charge is -2.47. The summed E-state index contributed by atoms with van der Waals surface area (Å²) < 4.78 is 16.0. The molecule has 0 spiro atoms. The van der Waals surface area contributed by atoms with Gasteiger partial charge in [-0.15, -0.1) is 0 Å². The Hall–Kier alpha value is -2.03. The highest BCUT2D eigenvalue weighted by molar-refractivity contribution is 5.66. The first-order valence-corrected chi connectivity index (χ1v) is 7.39. The van der Waals surface area contributed by atoms with Crippen LogP contribution in [-0.4, -0.2) is 49.5 Å². The van der Waals surface area contributed by atoms with Crippen LogP contribution in [-0.2, 0) is 14.3 Å².